The van der Waals surface area contributed by atoms with Crippen molar-refractivity contribution in [3.05, 3.63) is 11.5 Å². The van der Waals surface area contributed by atoms with Crippen molar-refractivity contribution in [2.24, 2.45) is 0 Å². The van der Waals surface area contributed by atoms with E-state index in [-0.39, 0.29) is 17.2 Å². The van der Waals surface area contributed by atoms with E-state index in [2.05, 4.69) is 15.3 Å². The molecule has 1 atom stereocenters. The van der Waals surface area contributed by atoms with Crippen LogP contribution in [0.5, 0.6) is 0 Å². The minimum absolute atomic E-state index is 0.0107. The molecule has 5 nitrogen and oxygen atoms in total. The Labute approximate surface area is 86.1 Å². The van der Waals surface area contributed by atoms with E-state index in [0.29, 0.717) is 11.5 Å². The van der Waals surface area contributed by atoms with Crippen LogP contribution in [0.25, 0.3) is 0 Å². The topological polar surface area (TPSA) is 58.1 Å². The van der Waals surface area contributed by atoms with Gasteiger partial charge in [0.1, 0.15) is 11.7 Å². The Morgan fingerprint density at radius 3 is 3.07 bits per heavy atom. The number of carbonyl (C=O) groups is 1. The molecule has 0 spiro atoms. The Kier molecular flexibility index (Phi) is 2.03. The minimum atomic E-state index is -0.279. The van der Waals surface area contributed by atoms with Gasteiger partial charge in [-0.2, -0.15) is 4.98 Å². The number of carbonyl (C=O) groups excluding carboxylic acids is 1. The maximum atomic E-state index is 11.5. The van der Waals surface area contributed by atoms with Gasteiger partial charge in [0.05, 0.1) is 6.20 Å². The van der Waals surface area contributed by atoms with Crippen LogP contribution in [0.4, 0.5) is 11.5 Å². The van der Waals surface area contributed by atoms with Gasteiger partial charge >= 0.3 is 0 Å². The normalized spacial score (nSPS) is 20.4. The molecule has 1 aliphatic rings. The van der Waals surface area contributed by atoms with Crippen molar-refractivity contribution in [3.8, 4) is 0 Å². The summed E-state index contributed by atoms with van der Waals surface area (Å²) in [6, 6.07) is -0.279. The maximum absolute atomic E-state index is 11.5. The smallest absolute Gasteiger partial charge is 0.249 e. The molecule has 1 aromatic rings. The standard InChI is InChI=1S/C8H9ClN4O/c1-4-7(14)13(2)5-3-10-8(9)12-6(5)11-4/h3-4H,1-2H3,(H,10,11,12)/t4-/m0/s1. The Balaban J connectivity index is 2.50. The van der Waals surface area contributed by atoms with Gasteiger partial charge in [-0.25, -0.2) is 4.98 Å². The zero-order valence-electron chi connectivity index (χ0n) is 7.78. The molecule has 6 heteroatoms. The SMILES string of the molecule is C[C@@H]1Nc2nc(Cl)ncc2N(C)C1=O. The average Bonchev–Trinajstić information content (AvgIpc) is 2.14. The highest BCUT2D eigenvalue weighted by molar-refractivity contribution is 6.28. The molecule has 1 amide bonds. The lowest BCUT2D eigenvalue weighted by Gasteiger charge is -2.29. The van der Waals surface area contributed by atoms with E-state index < -0.39 is 0 Å². The molecule has 74 valence electrons. The van der Waals surface area contributed by atoms with Crippen LogP contribution in [0, 0.1) is 0 Å². The number of amides is 1. The Morgan fingerprint density at radius 2 is 2.36 bits per heavy atom. The number of nitrogens with one attached hydrogen (secondary N) is 1. The zero-order valence-corrected chi connectivity index (χ0v) is 8.54. The molecule has 2 heterocycles. The third-order valence-corrected chi connectivity index (χ3v) is 2.34. The summed E-state index contributed by atoms with van der Waals surface area (Å²) in [4.78, 5) is 20.9. The quantitative estimate of drug-likeness (QED) is 0.650. The summed E-state index contributed by atoms with van der Waals surface area (Å²) < 4.78 is 0. The predicted octanol–water partition coefficient (Wildman–Crippen LogP) is 0.907. The summed E-state index contributed by atoms with van der Waals surface area (Å²) in [5.41, 5.74) is 0.650. The van der Waals surface area contributed by atoms with E-state index in [1.165, 1.54) is 11.1 Å². The fraction of sp³-hybridized carbons (Fsp3) is 0.375. The first-order valence-corrected chi connectivity index (χ1v) is 4.54. The summed E-state index contributed by atoms with van der Waals surface area (Å²) in [6.07, 6.45) is 1.53. The molecule has 2 rings (SSSR count). The number of fused-ring (bicyclic) bond motifs is 1. The lowest BCUT2D eigenvalue weighted by molar-refractivity contribution is -0.118. The molecule has 14 heavy (non-hydrogen) atoms. The van der Waals surface area contributed by atoms with Gasteiger partial charge in [-0.1, -0.05) is 0 Å². The van der Waals surface area contributed by atoms with Gasteiger partial charge in [-0.15, -0.1) is 0 Å². The lowest BCUT2D eigenvalue weighted by atomic mass is 10.2. The molecule has 0 fully saturated rings. The summed E-state index contributed by atoms with van der Waals surface area (Å²) in [7, 11) is 1.69. The van der Waals surface area contributed by atoms with E-state index in [1.807, 2.05) is 0 Å². The van der Waals surface area contributed by atoms with Gasteiger partial charge in [0.25, 0.3) is 0 Å². The lowest BCUT2D eigenvalue weighted by Crippen LogP contribution is -2.43. The molecule has 0 bridgehead atoms. The Hall–Kier alpha value is -1.36. The third-order valence-electron chi connectivity index (χ3n) is 2.16. The number of aromatic nitrogens is 2. The van der Waals surface area contributed by atoms with Gasteiger partial charge in [-0.3, -0.25) is 4.79 Å². The zero-order chi connectivity index (χ0) is 10.3. The van der Waals surface area contributed by atoms with Crippen LogP contribution in [0.2, 0.25) is 5.28 Å². The fourth-order valence-corrected chi connectivity index (χ4v) is 1.51. The number of hydrogen-bond donors (Lipinski definition) is 1. The molecule has 0 aliphatic carbocycles. The third kappa shape index (κ3) is 1.29. The average molecular weight is 213 g/mol. The summed E-state index contributed by atoms with van der Waals surface area (Å²) >= 11 is 5.64. The second-order valence-electron chi connectivity index (χ2n) is 3.14. The van der Waals surface area contributed by atoms with E-state index in [0.717, 1.165) is 0 Å². The number of rotatable bonds is 0. The molecule has 0 radical (unpaired) electrons. The Bertz CT molecular complexity index is 395. The number of hydrogen-bond acceptors (Lipinski definition) is 4. The first kappa shape index (κ1) is 9.21. The van der Waals surface area contributed by atoms with Crippen LogP contribution >= 0.6 is 11.6 Å². The molecule has 0 aromatic carbocycles. The molecule has 0 unspecified atom stereocenters. The highest BCUT2D eigenvalue weighted by atomic mass is 35.5. The van der Waals surface area contributed by atoms with Crippen molar-refractivity contribution < 1.29 is 4.79 Å². The van der Waals surface area contributed by atoms with E-state index in [1.54, 1.807) is 14.0 Å². The molecule has 0 saturated heterocycles. The first-order valence-electron chi connectivity index (χ1n) is 4.16. The first-order chi connectivity index (χ1) is 6.59. The molecular weight excluding hydrogens is 204 g/mol. The summed E-state index contributed by atoms with van der Waals surface area (Å²) in [5.74, 6) is 0.586. The molecule has 1 aliphatic heterocycles. The van der Waals surface area contributed by atoms with Crippen LogP contribution in [0.15, 0.2) is 6.20 Å². The van der Waals surface area contributed by atoms with Crippen LogP contribution in [0.1, 0.15) is 6.92 Å². The van der Waals surface area contributed by atoms with Crippen molar-refractivity contribution in [3.63, 3.8) is 0 Å². The monoisotopic (exact) mass is 212 g/mol. The van der Waals surface area contributed by atoms with Crippen molar-refractivity contribution in [1.29, 1.82) is 0 Å². The molecule has 1 N–H and O–H groups in total. The van der Waals surface area contributed by atoms with Gasteiger partial charge in [0.2, 0.25) is 11.2 Å². The summed E-state index contributed by atoms with van der Waals surface area (Å²) in [6.45, 7) is 1.78. The molecular formula is C8H9ClN4O. The second-order valence-corrected chi connectivity index (χ2v) is 3.47. The van der Waals surface area contributed by atoms with Crippen LogP contribution in [0.3, 0.4) is 0 Å². The highest BCUT2D eigenvalue weighted by Crippen LogP contribution is 2.28. The fourth-order valence-electron chi connectivity index (χ4n) is 1.38. The molecule has 1 aromatic heterocycles. The number of anilines is 2. The number of nitrogens with zero attached hydrogens (tertiary/aromatic N) is 3. The van der Waals surface area contributed by atoms with Crippen molar-refractivity contribution in [2.45, 2.75) is 13.0 Å². The minimum Gasteiger partial charge on any atom is -0.357 e. The van der Waals surface area contributed by atoms with Crippen LogP contribution in [-0.4, -0.2) is 29.0 Å². The maximum Gasteiger partial charge on any atom is 0.249 e. The van der Waals surface area contributed by atoms with Crippen molar-refractivity contribution >= 4 is 29.0 Å². The van der Waals surface area contributed by atoms with Gasteiger partial charge in [-0.05, 0) is 18.5 Å². The van der Waals surface area contributed by atoms with E-state index >= 15 is 0 Å². The van der Waals surface area contributed by atoms with Crippen molar-refractivity contribution in [2.75, 3.05) is 17.3 Å². The van der Waals surface area contributed by atoms with Gasteiger partial charge < -0.3 is 10.2 Å². The number of likely N-dealkylation sites (N-methyl/N-ethyl adjacent to an activating group) is 1. The van der Waals surface area contributed by atoms with Gasteiger partial charge in [0, 0.05) is 7.05 Å². The van der Waals surface area contributed by atoms with Crippen molar-refractivity contribution in [1.82, 2.24) is 9.97 Å². The highest BCUT2D eigenvalue weighted by Gasteiger charge is 2.28. The molecule has 0 saturated carbocycles. The largest absolute Gasteiger partial charge is 0.357 e. The van der Waals surface area contributed by atoms with E-state index in [4.69, 9.17) is 11.6 Å². The second kappa shape index (κ2) is 3.09. The van der Waals surface area contributed by atoms with Crippen LogP contribution in [-0.2, 0) is 4.79 Å². The summed E-state index contributed by atoms with van der Waals surface area (Å²) in [5, 5.41) is 3.13. The van der Waals surface area contributed by atoms with Crippen LogP contribution < -0.4 is 10.2 Å². The number of halogens is 1. The predicted molar refractivity (Wildman–Crippen MR) is 53.5 cm³/mol. The van der Waals surface area contributed by atoms with Gasteiger partial charge in [0.15, 0.2) is 5.82 Å². The Morgan fingerprint density at radius 1 is 1.64 bits per heavy atom. The van der Waals surface area contributed by atoms with E-state index in [9.17, 15) is 4.79 Å².